The third kappa shape index (κ3) is 3.90. The van der Waals surface area contributed by atoms with Crippen molar-refractivity contribution in [3.05, 3.63) is 46.3 Å². The van der Waals surface area contributed by atoms with Gasteiger partial charge >= 0.3 is 0 Å². The molecule has 1 atom stereocenters. The van der Waals surface area contributed by atoms with Gasteiger partial charge in [-0.25, -0.2) is 4.39 Å². The third-order valence-corrected chi connectivity index (χ3v) is 4.58. The van der Waals surface area contributed by atoms with E-state index in [1.165, 1.54) is 6.07 Å². The van der Waals surface area contributed by atoms with Crippen molar-refractivity contribution in [1.82, 2.24) is 10.2 Å². The van der Waals surface area contributed by atoms with E-state index in [1.807, 2.05) is 19.1 Å². The van der Waals surface area contributed by atoms with Crippen molar-refractivity contribution in [2.45, 2.75) is 19.8 Å². The molecule has 1 unspecified atom stereocenters. The lowest BCUT2D eigenvalue weighted by Crippen LogP contribution is -2.41. The molecule has 1 N–H and O–H groups in total. The van der Waals surface area contributed by atoms with Gasteiger partial charge in [-0.05, 0) is 50.1 Å². The maximum Gasteiger partial charge on any atom is 0.229 e. The minimum atomic E-state index is -0.449. The first-order valence-corrected chi connectivity index (χ1v) is 8.63. The number of amides is 1. The Hall–Kier alpha value is -2.02. The molecule has 1 aromatic carbocycles. The Morgan fingerprint density at radius 3 is 2.88 bits per heavy atom. The van der Waals surface area contributed by atoms with E-state index in [1.54, 1.807) is 12.1 Å². The minimum Gasteiger partial charge on any atom is -0.354 e. The summed E-state index contributed by atoms with van der Waals surface area (Å²) in [6.45, 7) is 3.28. The maximum atomic E-state index is 13.9. The van der Waals surface area contributed by atoms with E-state index in [0.29, 0.717) is 11.0 Å². The molecule has 0 bridgehead atoms. The molecule has 0 saturated carbocycles. The fourth-order valence-corrected chi connectivity index (χ4v) is 3.12. The zero-order valence-electron chi connectivity index (χ0n) is 13.3. The lowest BCUT2D eigenvalue weighted by Gasteiger charge is -2.32. The monoisotopic (exact) mass is 392 g/mol. The molecular weight excluding hydrogens is 375 g/mol. The number of halogens is 2. The van der Waals surface area contributed by atoms with Crippen LogP contribution < -0.4 is 10.2 Å². The van der Waals surface area contributed by atoms with Crippen LogP contribution in [0.4, 0.5) is 15.9 Å². The summed E-state index contributed by atoms with van der Waals surface area (Å²) in [5.74, 6) is -0.0476. The number of hydrogen-bond acceptors (Lipinski definition) is 4. The van der Waals surface area contributed by atoms with Gasteiger partial charge in [-0.2, -0.15) is 5.10 Å². The fourth-order valence-electron chi connectivity index (χ4n) is 2.79. The summed E-state index contributed by atoms with van der Waals surface area (Å²) in [4.78, 5) is 14.5. The largest absolute Gasteiger partial charge is 0.354 e. The summed E-state index contributed by atoms with van der Waals surface area (Å²) >= 11 is 3.21. The molecule has 1 aliphatic heterocycles. The Balaban J connectivity index is 1.67. The van der Waals surface area contributed by atoms with Gasteiger partial charge in [0.1, 0.15) is 5.82 Å². The highest BCUT2D eigenvalue weighted by Gasteiger charge is 2.27. The molecular formula is C17H18BrFN4O. The van der Waals surface area contributed by atoms with Crippen LogP contribution in [0.5, 0.6) is 0 Å². The van der Waals surface area contributed by atoms with Crippen molar-refractivity contribution in [3.8, 4) is 0 Å². The van der Waals surface area contributed by atoms with E-state index in [-0.39, 0.29) is 17.5 Å². The summed E-state index contributed by atoms with van der Waals surface area (Å²) in [5, 5.41) is 10.9. The number of rotatable bonds is 3. The highest BCUT2D eigenvalue weighted by atomic mass is 79.9. The maximum absolute atomic E-state index is 13.9. The SMILES string of the molecule is Cc1ccc(N2CCCC(C(=O)Nc3ccc(Br)cc3F)C2)nn1. The van der Waals surface area contributed by atoms with Crippen molar-refractivity contribution < 1.29 is 9.18 Å². The predicted molar refractivity (Wildman–Crippen MR) is 94.4 cm³/mol. The van der Waals surface area contributed by atoms with Crippen LogP contribution in [-0.4, -0.2) is 29.2 Å². The van der Waals surface area contributed by atoms with E-state index in [9.17, 15) is 9.18 Å². The van der Waals surface area contributed by atoms with Gasteiger partial charge in [0, 0.05) is 17.6 Å². The normalized spacial score (nSPS) is 17.6. The van der Waals surface area contributed by atoms with Gasteiger partial charge in [-0.3, -0.25) is 4.79 Å². The van der Waals surface area contributed by atoms with Crippen molar-refractivity contribution in [1.29, 1.82) is 0 Å². The highest BCUT2D eigenvalue weighted by Crippen LogP contribution is 2.24. The van der Waals surface area contributed by atoms with E-state index < -0.39 is 5.82 Å². The standard InChI is InChI=1S/C17H18BrFN4O/c1-11-4-7-16(22-21-11)23-8-2-3-12(10-23)17(24)20-15-6-5-13(18)9-14(15)19/h4-7,9,12H,2-3,8,10H2,1H3,(H,20,24). The van der Waals surface area contributed by atoms with Gasteiger partial charge in [0.25, 0.3) is 0 Å². The Morgan fingerprint density at radius 1 is 1.33 bits per heavy atom. The molecule has 126 valence electrons. The molecule has 0 radical (unpaired) electrons. The number of nitrogens with zero attached hydrogens (tertiary/aromatic N) is 3. The second-order valence-electron chi connectivity index (χ2n) is 5.93. The smallest absolute Gasteiger partial charge is 0.229 e. The molecule has 7 heteroatoms. The molecule has 1 fully saturated rings. The van der Waals surface area contributed by atoms with Gasteiger partial charge in [-0.1, -0.05) is 15.9 Å². The molecule has 5 nitrogen and oxygen atoms in total. The number of nitrogens with one attached hydrogen (secondary N) is 1. The quantitative estimate of drug-likeness (QED) is 0.867. The Morgan fingerprint density at radius 2 is 2.17 bits per heavy atom. The molecule has 24 heavy (non-hydrogen) atoms. The average Bonchev–Trinajstić information content (AvgIpc) is 2.58. The lowest BCUT2D eigenvalue weighted by molar-refractivity contribution is -0.120. The van der Waals surface area contributed by atoms with E-state index in [2.05, 4.69) is 36.3 Å². The molecule has 3 rings (SSSR count). The molecule has 2 heterocycles. The number of carbonyl (C=O) groups excluding carboxylic acids is 1. The second-order valence-corrected chi connectivity index (χ2v) is 6.85. The van der Waals surface area contributed by atoms with Crippen molar-refractivity contribution >= 4 is 33.3 Å². The Bertz CT molecular complexity index is 738. The molecule has 1 saturated heterocycles. The van der Waals surface area contributed by atoms with Gasteiger partial charge in [0.15, 0.2) is 5.82 Å². The van der Waals surface area contributed by atoms with Crippen LogP contribution in [0.2, 0.25) is 0 Å². The molecule has 1 aliphatic rings. The summed E-state index contributed by atoms with van der Waals surface area (Å²) in [5.41, 5.74) is 1.06. The van der Waals surface area contributed by atoms with Crippen LogP contribution in [-0.2, 0) is 4.79 Å². The predicted octanol–water partition coefficient (Wildman–Crippen LogP) is 3.54. The van der Waals surface area contributed by atoms with E-state index in [0.717, 1.165) is 30.9 Å². The number of carbonyl (C=O) groups is 1. The number of aryl methyl sites for hydroxylation is 1. The van der Waals surface area contributed by atoms with Crippen LogP contribution in [0.15, 0.2) is 34.8 Å². The topological polar surface area (TPSA) is 58.1 Å². The van der Waals surface area contributed by atoms with Crippen molar-refractivity contribution in [3.63, 3.8) is 0 Å². The van der Waals surface area contributed by atoms with Gasteiger partial charge in [0.2, 0.25) is 5.91 Å². The highest BCUT2D eigenvalue weighted by molar-refractivity contribution is 9.10. The van der Waals surface area contributed by atoms with Crippen molar-refractivity contribution in [2.24, 2.45) is 5.92 Å². The number of benzene rings is 1. The molecule has 1 amide bonds. The molecule has 1 aromatic heterocycles. The fraction of sp³-hybridized carbons (Fsp3) is 0.353. The van der Waals surface area contributed by atoms with E-state index in [4.69, 9.17) is 0 Å². The number of aromatic nitrogens is 2. The van der Waals surface area contributed by atoms with Gasteiger partial charge < -0.3 is 10.2 Å². The van der Waals surface area contributed by atoms with Crippen molar-refractivity contribution in [2.75, 3.05) is 23.3 Å². The zero-order chi connectivity index (χ0) is 17.1. The van der Waals surface area contributed by atoms with Crippen LogP contribution in [0.1, 0.15) is 18.5 Å². The number of piperidine rings is 1. The van der Waals surface area contributed by atoms with Crippen LogP contribution >= 0.6 is 15.9 Å². The van der Waals surface area contributed by atoms with Crippen LogP contribution in [0, 0.1) is 18.7 Å². The Kier molecular flexibility index (Phi) is 5.08. The van der Waals surface area contributed by atoms with Crippen LogP contribution in [0.3, 0.4) is 0 Å². The Labute approximate surface area is 148 Å². The second kappa shape index (κ2) is 7.25. The summed E-state index contributed by atoms with van der Waals surface area (Å²) in [6, 6.07) is 8.42. The first-order valence-electron chi connectivity index (χ1n) is 7.84. The number of anilines is 2. The molecule has 0 aliphatic carbocycles. The summed E-state index contributed by atoms with van der Waals surface area (Å²) in [7, 11) is 0. The third-order valence-electron chi connectivity index (χ3n) is 4.09. The summed E-state index contributed by atoms with van der Waals surface area (Å²) < 4.78 is 14.5. The van der Waals surface area contributed by atoms with Crippen LogP contribution in [0.25, 0.3) is 0 Å². The first kappa shape index (κ1) is 16.8. The molecule has 0 spiro atoms. The first-order chi connectivity index (χ1) is 11.5. The average molecular weight is 393 g/mol. The van der Waals surface area contributed by atoms with E-state index >= 15 is 0 Å². The zero-order valence-corrected chi connectivity index (χ0v) is 14.9. The van der Waals surface area contributed by atoms with Gasteiger partial charge in [-0.15, -0.1) is 5.10 Å². The summed E-state index contributed by atoms with van der Waals surface area (Å²) in [6.07, 6.45) is 1.66. The lowest BCUT2D eigenvalue weighted by atomic mass is 9.97. The number of hydrogen-bond donors (Lipinski definition) is 1. The minimum absolute atomic E-state index is 0.166. The molecule has 2 aromatic rings. The van der Waals surface area contributed by atoms with Gasteiger partial charge in [0.05, 0.1) is 17.3 Å².